The monoisotopic (exact) mass is 466 g/mol. The summed E-state index contributed by atoms with van der Waals surface area (Å²) >= 11 is 0. The van der Waals surface area contributed by atoms with Gasteiger partial charge in [-0.05, 0) is 44.5 Å². The predicted molar refractivity (Wildman–Crippen MR) is 125 cm³/mol. The molecule has 0 aliphatic carbocycles. The average molecular weight is 466 g/mol. The number of carbonyl (C=O) groups excluding carboxylic acids is 4. The Morgan fingerprint density at radius 2 is 1.71 bits per heavy atom. The summed E-state index contributed by atoms with van der Waals surface area (Å²) in [6, 6.07) is 11.6. The first kappa shape index (κ1) is 24.5. The minimum atomic E-state index is -0.841. The maximum absolute atomic E-state index is 13.1. The number of nitrogens with one attached hydrogen (secondary N) is 1. The van der Waals surface area contributed by atoms with Crippen LogP contribution in [-0.2, 0) is 20.8 Å². The van der Waals surface area contributed by atoms with Crippen molar-refractivity contribution in [2.75, 3.05) is 12.4 Å². The van der Waals surface area contributed by atoms with Crippen molar-refractivity contribution in [3.05, 3.63) is 65.4 Å². The Kier molecular flexibility index (Phi) is 7.05. The number of nitrogens with zero attached hydrogens (tertiary/aromatic N) is 1. The SMILES string of the molecule is COC(=O)c1cc(COC(=O)OC(C)(C)C)ccc1NC(=O)c1cn(C(C)=O)c2ccccc12. The van der Waals surface area contributed by atoms with Gasteiger partial charge in [-0.2, -0.15) is 0 Å². The molecule has 1 amide bonds. The number of esters is 1. The molecule has 0 spiro atoms. The zero-order chi connectivity index (χ0) is 25.0. The number of hydrogen-bond donors (Lipinski definition) is 1. The third kappa shape index (κ3) is 5.61. The molecule has 3 aromatic rings. The van der Waals surface area contributed by atoms with E-state index >= 15 is 0 Å². The quantitative estimate of drug-likeness (QED) is 0.538. The number of aromatic nitrogens is 1. The Bertz CT molecular complexity index is 1270. The Hall–Kier alpha value is -4.14. The van der Waals surface area contributed by atoms with E-state index in [2.05, 4.69) is 5.32 Å². The molecule has 3 rings (SSSR count). The number of ether oxygens (including phenoxy) is 3. The molecule has 1 heterocycles. The van der Waals surface area contributed by atoms with Gasteiger partial charge in [0.2, 0.25) is 5.91 Å². The van der Waals surface area contributed by atoms with E-state index in [1.807, 2.05) is 0 Å². The number of methoxy groups -OCH3 is 1. The average Bonchev–Trinajstić information content (AvgIpc) is 3.17. The second kappa shape index (κ2) is 9.78. The summed E-state index contributed by atoms with van der Waals surface area (Å²) in [6.07, 6.45) is 0.620. The fourth-order valence-electron chi connectivity index (χ4n) is 3.30. The normalized spacial score (nSPS) is 11.1. The molecule has 2 aromatic carbocycles. The predicted octanol–water partition coefficient (Wildman–Crippen LogP) is 4.79. The summed E-state index contributed by atoms with van der Waals surface area (Å²) in [5, 5.41) is 3.31. The van der Waals surface area contributed by atoms with Gasteiger partial charge >= 0.3 is 12.1 Å². The standard InChI is InChI=1S/C25H26N2O7/c1-15(28)27-13-19(17-8-6-7-9-21(17)27)22(29)26-20-11-10-16(12-18(20)23(30)32-5)14-33-24(31)34-25(2,3)4/h6-13H,14H2,1-5H3,(H,26,29). The summed E-state index contributed by atoms with van der Waals surface area (Å²) in [4.78, 5) is 49.3. The van der Waals surface area contributed by atoms with Gasteiger partial charge in [-0.3, -0.25) is 14.2 Å². The van der Waals surface area contributed by atoms with Crippen LogP contribution in [0.25, 0.3) is 10.9 Å². The molecular weight excluding hydrogens is 440 g/mol. The molecule has 178 valence electrons. The molecule has 1 N–H and O–H groups in total. The maximum Gasteiger partial charge on any atom is 0.509 e. The number of benzene rings is 2. The second-order valence-electron chi connectivity index (χ2n) is 8.53. The molecule has 1 aromatic heterocycles. The van der Waals surface area contributed by atoms with E-state index in [4.69, 9.17) is 14.2 Å². The second-order valence-corrected chi connectivity index (χ2v) is 8.53. The first-order valence-corrected chi connectivity index (χ1v) is 10.5. The van der Waals surface area contributed by atoms with Crippen LogP contribution in [0, 0.1) is 0 Å². The van der Waals surface area contributed by atoms with E-state index in [0.717, 1.165) is 0 Å². The summed E-state index contributed by atoms with van der Waals surface area (Å²) < 4.78 is 16.4. The molecule has 0 unspecified atom stereocenters. The van der Waals surface area contributed by atoms with Crippen LogP contribution < -0.4 is 5.32 Å². The largest absolute Gasteiger partial charge is 0.509 e. The van der Waals surface area contributed by atoms with E-state index in [1.165, 1.54) is 36.9 Å². The van der Waals surface area contributed by atoms with E-state index < -0.39 is 23.6 Å². The third-order valence-corrected chi connectivity index (χ3v) is 4.78. The number of hydrogen-bond acceptors (Lipinski definition) is 7. The van der Waals surface area contributed by atoms with Crippen LogP contribution in [0.2, 0.25) is 0 Å². The summed E-state index contributed by atoms with van der Waals surface area (Å²) in [5.74, 6) is -1.42. The van der Waals surface area contributed by atoms with Crippen molar-refractivity contribution < 1.29 is 33.4 Å². The van der Waals surface area contributed by atoms with E-state index in [9.17, 15) is 19.2 Å². The van der Waals surface area contributed by atoms with E-state index in [-0.39, 0.29) is 29.3 Å². The molecule has 0 atom stereocenters. The molecule has 0 bridgehead atoms. The molecule has 0 aliphatic rings. The highest BCUT2D eigenvalue weighted by molar-refractivity contribution is 6.15. The molecule has 0 aliphatic heterocycles. The Labute approximate surface area is 196 Å². The van der Waals surface area contributed by atoms with Gasteiger partial charge in [0, 0.05) is 18.5 Å². The lowest BCUT2D eigenvalue weighted by atomic mass is 10.1. The van der Waals surface area contributed by atoms with Crippen LogP contribution in [-0.4, -0.2) is 41.2 Å². The topological polar surface area (TPSA) is 113 Å². The fraction of sp³-hybridized carbons (Fsp3) is 0.280. The van der Waals surface area contributed by atoms with Gasteiger partial charge in [0.1, 0.15) is 12.2 Å². The van der Waals surface area contributed by atoms with Crippen molar-refractivity contribution >= 4 is 40.5 Å². The van der Waals surface area contributed by atoms with Crippen LogP contribution in [0.3, 0.4) is 0 Å². The van der Waals surface area contributed by atoms with Crippen molar-refractivity contribution in [2.45, 2.75) is 39.9 Å². The van der Waals surface area contributed by atoms with Gasteiger partial charge in [0.05, 0.1) is 29.4 Å². The van der Waals surface area contributed by atoms with Gasteiger partial charge in [0.15, 0.2) is 0 Å². The fourth-order valence-corrected chi connectivity index (χ4v) is 3.30. The van der Waals surface area contributed by atoms with Gasteiger partial charge in [-0.1, -0.05) is 24.3 Å². The van der Waals surface area contributed by atoms with E-state index in [1.54, 1.807) is 51.1 Å². The number of para-hydroxylation sites is 1. The Balaban J connectivity index is 1.86. The highest BCUT2D eigenvalue weighted by atomic mass is 16.7. The number of amides is 1. The maximum atomic E-state index is 13.1. The third-order valence-electron chi connectivity index (χ3n) is 4.78. The van der Waals surface area contributed by atoms with Crippen molar-refractivity contribution in [3.63, 3.8) is 0 Å². The van der Waals surface area contributed by atoms with Crippen molar-refractivity contribution in [1.29, 1.82) is 0 Å². The van der Waals surface area contributed by atoms with Crippen LogP contribution >= 0.6 is 0 Å². The molecule has 0 saturated heterocycles. The van der Waals surface area contributed by atoms with Crippen LogP contribution in [0.5, 0.6) is 0 Å². The minimum absolute atomic E-state index is 0.0800. The van der Waals surface area contributed by atoms with Crippen molar-refractivity contribution in [1.82, 2.24) is 4.57 Å². The van der Waals surface area contributed by atoms with Gasteiger partial charge in [-0.25, -0.2) is 9.59 Å². The summed E-state index contributed by atoms with van der Waals surface area (Å²) in [7, 11) is 1.22. The lowest BCUT2D eigenvalue weighted by Crippen LogP contribution is -2.24. The van der Waals surface area contributed by atoms with Crippen LogP contribution in [0.15, 0.2) is 48.7 Å². The molecule has 0 radical (unpaired) electrons. The smallest absolute Gasteiger partial charge is 0.465 e. The first-order chi connectivity index (χ1) is 16.0. The number of rotatable bonds is 5. The first-order valence-electron chi connectivity index (χ1n) is 10.5. The summed E-state index contributed by atoms with van der Waals surface area (Å²) in [5.41, 5.74) is 0.960. The number of fused-ring (bicyclic) bond motifs is 1. The number of carbonyl (C=O) groups is 4. The molecule has 34 heavy (non-hydrogen) atoms. The van der Waals surface area contributed by atoms with Gasteiger partial charge in [-0.15, -0.1) is 0 Å². The van der Waals surface area contributed by atoms with Crippen molar-refractivity contribution in [2.24, 2.45) is 0 Å². The van der Waals surface area contributed by atoms with Crippen LogP contribution in [0.1, 0.15) is 58.8 Å². The van der Waals surface area contributed by atoms with Crippen LogP contribution in [0.4, 0.5) is 10.5 Å². The molecule has 0 fully saturated rings. The molecule has 9 nitrogen and oxygen atoms in total. The minimum Gasteiger partial charge on any atom is -0.465 e. The van der Waals surface area contributed by atoms with E-state index in [0.29, 0.717) is 16.5 Å². The van der Waals surface area contributed by atoms with Gasteiger partial charge in [0.25, 0.3) is 5.91 Å². The summed E-state index contributed by atoms with van der Waals surface area (Å²) in [6.45, 7) is 6.42. The van der Waals surface area contributed by atoms with Gasteiger partial charge < -0.3 is 19.5 Å². The Morgan fingerprint density at radius 3 is 2.35 bits per heavy atom. The molecule has 0 saturated carbocycles. The van der Waals surface area contributed by atoms with Crippen molar-refractivity contribution in [3.8, 4) is 0 Å². The zero-order valence-corrected chi connectivity index (χ0v) is 19.6. The molecule has 9 heteroatoms. The zero-order valence-electron chi connectivity index (χ0n) is 19.6. The Morgan fingerprint density at radius 1 is 1.00 bits per heavy atom. The molecular formula is C25H26N2O7. The number of anilines is 1. The lowest BCUT2D eigenvalue weighted by molar-refractivity contribution is -0.0108. The lowest BCUT2D eigenvalue weighted by Gasteiger charge is -2.19. The highest BCUT2D eigenvalue weighted by Crippen LogP contribution is 2.25. The highest BCUT2D eigenvalue weighted by Gasteiger charge is 2.21.